The van der Waals surface area contributed by atoms with Gasteiger partial charge in [-0.05, 0) is 33.1 Å². The molecule has 0 fully saturated rings. The molecule has 1 unspecified atom stereocenters. The predicted molar refractivity (Wildman–Crippen MR) is 105 cm³/mol. The maximum absolute atomic E-state index is 12.6. The third-order valence-electron chi connectivity index (χ3n) is 4.73. The molecule has 0 aliphatic rings. The minimum atomic E-state index is -0.675. The van der Waals surface area contributed by atoms with Gasteiger partial charge in [-0.2, -0.15) is 0 Å². The number of hydrogen-bond donors (Lipinski definition) is 1. The Bertz CT molecular complexity index is 544. The standard InChI is InChI=1S/C20H36N2O5/c1-9-20(6,13-26-8)19(25)21-12-17(23)22(7)16(14(3)4)11-15(5)18(24)27-10-2/h11,14,16H,9-10,12-13H2,1-8H3,(H,21,25)/b15-11+/t16-,20?/m1/s1. The highest BCUT2D eigenvalue weighted by Crippen LogP contribution is 2.21. The first-order chi connectivity index (χ1) is 12.5. The van der Waals surface area contributed by atoms with Crippen molar-refractivity contribution in [1.29, 1.82) is 0 Å². The SMILES string of the molecule is CCOC(=O)/C(C)=C/[C@H](C(C)C)N(C)C(=O)CNC(=O)C(C)(CC)COC. The highest BCUT2D eigenvalue weighted by molar-refractivity contribution is 5.89. The molecule has 0 aromatic carbocycles. The molecular formula is C20H36N2O5. The van der Waals surface area contributed by atoms with E-state index in [0.29, 0.717) is 18.6 Å². The van der Waals surface area contributed by atoms with E-state index < -0.39 is 11.4 Å². The zero-order chi connectivity index (χ0) is 21.2. The Morgan fingerprint density at radius 3 is 2.26 bits per heavy atom. The van der Waals surface area contributed by atoms with Crippen molar-refractivity contribution in [1.82, 2.24) is 10.2 Å². The van der Waals surface area contributed by atoms with Gasteiger partial charge in [0.15, 0.2) is 0 Å². The van der Waals surface area contributed by atoms with E-state index in [4.69, 9.17) is 9.47 Å². The number of rotatable bonds is 11. The van der Waals surface area contributed by atoms with E-state index in [9.17, 15) is 14.4 Å². The lowest BCUT2D eigenvalue weighted by Gasteiger charge is -2.30. The Balaban J connectivity index is 5.08. The average molecular weight is 385 g/mol. The smallest absolute Gasteiger partial charge is 0.333 e. The van der Waals surface area contributed by atoms with Gasteiger partial charge in [0.1, 0.15) is 0 Å². The van der Waals surface area contributed by atoms with Crippen molar-refractivity contribution in [3.63, 3.8) is 0 Å². The van der Waals surface area contributed by atoms with Crippen molar-refractivity contribution in [3.05, 3.63) is 11.6 Å². The molecule has 2 atom stereocenters. The highest BCUT2D eigenvalue weighted by atomic mass is 16.5. The van der Waals surface area contributed by atoms with Crippen molar-refractivity contribution in [3.8, 4) is 0 Å². The summed E-state index contributed by atoms with van der Waals surface area (Å²) < 4.78 is 10.1. The number of amides is 2. The monoisotopic (exact) mass is 384 g/mol. The third-order valence-corrected chi connectivity index (χ3v) is 4.73. The summed E-state index contributed by atoms with van der Waals surface area (Å²) in [6.07, 6.45) is 2.34. The number of hydrogen-bond acceptors (Lipinski definition) is 5. The molecule has 2 amide bonds. The van der Waals surface area contributed by atoms with Gasteiger partial charge >= 0.3 is 5.97 Å². The van der Waals surface area contributed by atoms with Crippen LogP contribution in [0.15, 0.2) is 11.6 Å². The van der Waals surface area contributed by atoms with Gasteiger partial charge in [0.2, 0.25) is 11.8 Å². The lowest BCUT2D eigenvalue weighted by atomic mass is 9.87. The van der Waals surface area contributed by atoms with Crippen LogP contribution in [-0.2, 0) is 23.9 Å². The van der Waals surface area contributed by atoms with Crippen LogP contribution >= 0.6 is 0 Å². The molecule has 7 heteroatoms. The molecule has 0 radical (unpaired) electrons. The van der Waals surface area contributed by atoms with Crippen LogP contribution in [-0.4, -0.2) is 62.6 Å². The highest BCUT2D eigenvalue weighted by Gasteiger charge is 2.32. The number of nitrogens with zero attached hydrogens (tertiary/aromatic N) is 1. The molecule has 0 aromatic rings. The van der Waals surface area contributed by atoms with Gasteiger partial charge < -0.3 is 19.7 Å². The van der Waals surface area contributed by atoms with Crippen LogP contribution in [0.2, 0.25) is 0 Å². The molecule has 27 heavy (non-hydrogen) atoms. The van der Waals surface area contributed by atoms with E-state index >= 15 is 0 Å². The van der Waals surface area contributed by atoms with Crippen molar-refractivity contribution in [2.75, 3.05) is 33.9 Å². The fraction of sp³-hybridized carbons (Fsp3) is 0.750. The minimum Gasteiger partial charge on any atom is -0.463 e. The van der Waals surface area contributed by atoms with E-state index in [1.54, 1.807) is 39.0 Å². The predicted octanol–water partition coefficient (Wildman–Crippen LogP) is 2.16. The first-order valence-corrected chi connectivity index (χ1v) is 9.42. The Kier molecular flexibility index (Phi) is 10.9. The molecule has 0 spiro atoms. The number of carbonyl (C=O) groups is 3. The second kappa shape index (κ2) is 11.7. The number of esters is 1. The average Bonchev–Trinajstić information content (AvgIpc) is 2.62. The molecule has 0 aliphatic carbocycles. The van der Waals surface area contributed by atoms with E-state index in [1.807, 2.05) is 27.7 Å². The maximum Gasteiger partial charge on any atom is 0.333 e. The molecule has 0 rings (SSSR count). The van der Waals surface area contributed by atoms with Crippen molar-refractivity contribution < 1.29 is 23.9 Å². The van der Waals surface area contributed by atoms with E-state index in [2.05, 4.69) is 5.32 Å². The fourth-order valence-electron chi connectivity index (χ4n) is 2.63. The first-order valence-electron chi connectivity index (χ1n) is 9.42. The van der Waals surface area contributed by atoms with Gasteiger partial charge in [-0.25, -0.2) is 4.79 Å². The molecule has 1 N–H and O–H groups in total. The summed E-state index contributed by atoms with van der Waals surface area (Å²) in [7, 11) is 3.22. The largest absolute Gasteiger partial charge is 0.463 e. The molecular weight excluding hydrogens is 348 g/mol. The Hall–Kier alpha value is -1.89. The Labute approximate surface area is 163 Å². The van der Waals surface area contributed by atoms with Crippen molar-refractivity contribution >= 4 is 17.8 Å². The fourth-order valence-corrected chi connectivity index (χ4v) is 2.63. The van der Waals surface area contributed by atoms with Crippen LogP contribution in [0, 0.1) is 11.3 Å². The van der Waals surface area contributed by atoms with Crippen LogP contribution in [0.4, 0.5) is 0 Å². The van der Waals surface area contributed by atoms with Gasteiger partial charge in [0.05, 0.1) is 31.2 Å². The van der Waals surface area contributed by atoms with Gasteiger partial charge in [-0.15, -0.1) is 0 Å². The summed E-state index contributed by atoms with van der Waals surface area (Å²) in [5, 5.41) is 2.71. The summed E-state index contributed by atoms with van der Waals surface area (Å²) in [6, 6.07) is -0.282. The van der Waals surface area contributed by atoms with E-state index in [1.165, 1.54) is 0 Å². The van der Waals surface area contributed by atoms with Crippen LogP contribution in [0.25, 0.3) is 0 Å². The minimum absolute atomic E-state index is 0.0911. The Morgan fingerprint density at radius 2 is 1.81 bits per heavy atom. The lowest BCUT2D eigenvalue weighted by molar-refractivity contribution is -0.139. The second-order valence-corrected chi connectivity index (χ2v) is 7.34. The molecule has 0 saturated heterocycles. The summed E-state index contributed by atoms with van der Waals surface area (Å²) in [5.74, 6) is -0.747. The van der Waals surface area contributed by atoms with Gasteiger partial charge in [-0.3, -0.25) is 9.59 Å². The number of methoxy groups -OCH3 is 1. The zero-order valence-corrected chi connectivity index (χ0v) is 18.0. The van der Waals surface area contributed by atoms with E-state index in [-0.39, 0.29) is 36.9 Å². The number of carbonyl (C=O) groups excluding carboxylic acids is 3. The third kappa shape index (κ3) is 7.71. The molecule has 156 valence electrons. The molecule has 0 aromatic heterocycles. The quantitative estimate of drug-likeness (QED) is 0.436. The molecule has 0 aliphatic heterocycles. The number of likely N-dealkylation sites (N-methyl/N-ethyl adjacent to an activating group) is 1. The van der Waals surface area contributed by atoms with Crippen LogP contribution < -0.4 is 5.32 Å². The van der Waals surface area contributed by atoms with Crippen LogP contribution in [0.5, 0.6) is 0 Å². The summed E-state index contributed by atoms with van der Waals surface area (Å²) in [6.45, 7) is 11.5. The first kappa shape index (κ1) is 25.1. The molecule has 0 heterocycles. The molecule has 0 saturated carbocycles. The summed E-state index contributed by atoms with van der Waals surface area (Å²) in [5.41, 5.74) is -0.219. The van der Waals surface area contributed by atoms with Gasteiger partial charge in [-0.1, -0.05) is 26.8 Å². The zero-order valence-electron chi connectivity index (χ0n) is 18.0. The maximum atomic E-state index is 12.6. The van der Waals surface area contributed by atoms with Gasteiger partial charge in [0, 0.05) is 19.7 Å². The van der Waals surface area contributed by atoms with Crippen LogP contribution in [0.1, 0.15) is 48.0 Å². The normalized spacial score (nSPS) is 15.1. The Morgan fingerprint density at radius 1 is 1.22 bits per heavy atom. The summed E-state index contributed by atoms with van der Waals surface area (Å²) in [4.78, 5) is 38.4. The lowest BCUT2D eigenvalue weighted by Crippen LogP contribution is -2.48. The van der Waals surface area contributed by atoms with Crippen molar-refractivity contribution in [2.45, 2.75) is 54.0 Å². The van der Waals surface area contributed by atoms with Gasteiger partial charge in [0.25, 0.3) is 0 Å². The van der Waals surface area contributed by atoms with Crippen molar-refractivity contribution in [2.24, 2.45) is 11.3 Å². The molecule has 7 nitrogen and oxygen atoms in total. The van der Waals surface area contributed by atoms with E-state index in [0.717, 1.165) is 0 Å². The van der Waals surface area contributed by atoms with Crippen LogP contribution in [0.3, 0.4) is 0 Å². The number of ether oxygens (including phenoxy) is 2. The molecule has 0 bridgehead atoms. The summed E-state index contributed by atoms with van der Waals surface area (Å²) >= 11 is 0. The number of nitrogens with one attached hydrogen (secondary N) is 1. The topological polar surface area (TPSA) is 84.9 Å². The second-order valence-electron chi connectivity index (χ2n) is 7.34.